The summed E-state index contributed by atoms with van der Waals surface area (Å²) in [5.74, 6) is 0.580. The number of ether oxygens (including phenoxy) is 1. The summed E-state index contributed by atoms with van der Waals surface area (Å²) < 4.78 is 5.43. The van der Waals surface area contributed by atoms with Crippen molar-refractivity contribution in [3.05, 3.63) is 63.5 Å². The Hall–Kier alpha value is -2.08. The first-order chi connectivity index (χ1) is 12.9. The minimum Gasteiger partial charge on any atom is -0.482 e. The number of benzene rings is 2. The molecule has 0 aliphatic heterocycles. The highest BCUT2D eigenvalue weighted by Crippen LogP contribution is 2.28. The molecule has 0 atom stereocenters. The fourth-order valence-corrected chi connectivity index (χ4v) is 3.59. The number of thiazole rings is 1. The van der Waals surface area contributed by atoms with Crippen molar-refractivity contribution >= 4 is 45.6 Å². The topological polar surface area (TPSA) is 51.2 Å². The van der Waals surface area contributed by atoms with Crippen LogP contribution in [0.5, 0.6) is 5.75 Å². The van der Waals surface area contributed by atoms with Crippen molar-refractivity contribution < 1.29 is 9.53 Å². The summed E-state index contributed by atoms with van der Waals surface area (Å²) in [5, 5.41) is 6.04. The number of aromatic nitrogens is 1. The summed E-state index contributed by atoms with van der Waals surface area (Å²) in [4.78, 5) is 16.6. The predicted octanol–water partition coefficient (Wildman–Crippen LogP) is 6.26. The van der Waals surface area contributed by atoms with Gasteiger partial charge in [-0.1, -0.05) is 61.3 Å². The van der Waals surface area contributed by atoms with E-state index >= 15 is 0 Å². The lowest BCUT2D eigenvalue weighted by Crippen LogP contribution is -2.20. The zero-order valence-electron chi connectivity index (χ0n) is 14.8. The summed E-state index contributed by atoms with van der Waals surface area (Å²) in [6.45, 7) is 4.15. The van der Waals surface area contributed by atoms with Crippen LogP contribution in [0.25, 0.3) is 11.3 Å². The van der Waals surface area contributed by atoms with Crippen LogP contribution in [0.1, 0.15) is 25.3 Å². The molecule has 0 saturated heterocycles. The minimum atomic E-state index is -0.308. The second-order valence-corrected chi connectivity index (χ2v) is 7.93. The van der Waals surface area contributed by atoms with E-state index in [1.165, 1.54) is 16.9 Å². The standard InChI is InChI=1S/C20H18Cl2N2O2S/c1-12(2)13-3-5-14(6-4-13)17-11-27-20(23-17)24-19(25)10-26-18-8-7-15(21)9-16(18)22/h3-9,11-12H,10H2,1-2H3,(H,23,24,25). The van der Waals surface area contributed by atoms with Gasteiger partial charge in [0.2, 0.25) is 0 Å². The van der Waals surface area contributed by atoms with Crippen LogP contribution >= 0.6 is 34.5 Å². The second kappa shape index (κ2) is 8.74. The average Bonchev–Trinajstić information content (AvgIpc) is 3.09. The molecule has 2 aromatic carbocycles. The molecule has 3 rings (SSSR count). The maximum atomic E-state index is 12.1. The number of rotatable bonds is 6. The van der Waals surface area contributed by atoms with Gasteiger partial charge in [-0.15, -0.1) is 11.3 Å². The molecule has 1 N–H and O–H groups in total. The third-order valence-electron chi connectivity index (χ3n) is 3.88. The van der Waals surface area contributed by atoms with Crippen LogP contribution < -0.4 is 10.1 Å². The van der Waals surface area contributed by atoms with E-state index in [1.54, 1.807) is 18.2 Å². The van der Waals surface area contributed by atoms with Gasteiger partial charge < -0.3 is 4.74 Å². The molecule has 1 heterocycles. The lowest BCUT2D eigenvalue weighted by atomic mass is 10.0. The van der Waals surface area contributed by atoms with Crippen LogP contribution in [0.15, 0.2) is 47.8 Å². The van der Waals surface area contributed by atoms with E-state index in [-0.39, 0.29) is 12.5 Å². The van der Waals surface area contributed by atoms with Crippen molar-refractivity contribution in [3.8, 4) is 17.0 Å². The van der Waals surface area contributed by atoms with Gasteiger partial charge in [-0.05, 0) is 29.7 Å². The lowest BCUT2D eigenvalue weighted by Gasteiger charge is -2.07. The van der Waals surface area contributed by atoms with E-state index in [1.807, 2.05) is 17.5 Å². The SMILES string of the molecule is CC(C)c1ccc(-c2csc(NC(=O)COc3ccc(Cl)cc3Cl)n2)cc1. The molecule has 0 bridgehead atoms. The normalized spacial score (nSPS) is 10.9. The molecule has 0 unspecified atom stereocenters. The van der Waals surface area contributed by atoms with Crippen molar-refractivity contribution in [1.82, 2.24) is 4.98 Å². The average molecular weight is 421 g/mol. The Morgan fingerprint density at radius 3 is 2.59 bits per heavy atom. The van der Waals surface area contributed by atoms with Gasteiger partial charge in [-0.2, -0.15) is 0 Å². The molecule has 0 saturated carbocycles. The molecular weight excluding hydrogens is 403 g/mol. The maximum absolute atomic E-state index is 12.1. The van der Waals surface area contributed by atoms with Crippen LogP contribution in [0.4, 0.5) is 5.13 Å². The first-order valence-electron chi connectivity index (χ1n) is 8.36. The van der Waals surface area contributed by atoms with Crippen molar-refractivity contribution in [2.45, 2.75) is 19.8 Å². The third kappa shape index (κ3) is 5.22. The third-order valence-corrected chi connectivity index (χ3v) is 5.16. The molecule has 0 aliphatic carbocycles. The summed E-state index contributed by atoms with van der Waals surface area (Å²) in [6.07, 6.45) is 0. The summed E-state index contributed by atoms with van der Waals surface area (Å²) in [7, 11) is 0. The van der Waals surface area contributed by atoms with Crippen LogP contribution in [0.2, 0.25) is 10.0 Å². The number of hydrogen-bond donors (Lipinski definition) is 1. The van der Waals surface area contributed by atoms with E-state index in [0.717, 1.165) is 11.3 Å². The Morgan fingerprint density at radius 1 is 1.19 bits per heavy atom. The smallest absolute Gasteiger partial charge is 0.264 e. The highest BCUT2D eigenvalue weighted by molar-refractivity contribution is 7.14. The van der Waals surface area contributed by atoms with Gasteiger partial charge in [-0.3, -0.25) is 10.1 Å². The Morgan fingerprint density at radius 2 is 1.93 bits per heavy atom. The number of anilines is 1. The number of carbonyl (C=O) groups is 1. The van der Waals surface area contributed by atoms with Gasteiger partial charge in [0, 0.05) is 16.0 Å². The summed E-state index contributed by atoms with van der Waals surface area (Å²) in [5.41, 5.74) is 3.12. The molecular formula is C20H18Cl2N2O2S. The number of halogens is 2. The maximum Gasteiger partial charge on any atom is 0.264 e. The van der Waals surface area contributed by atoms with E-state index in [9.17, 15) is 4.79 Å². The first-order valence-corrected chi connectivity index (χ1v) is 9.99. The molecule has 1 amide bonds. The van der Waals surface area contributed by atoms with E-state index in [4.69, 9.17) is 27.9 Å². The van der Waals surface area contributed by atoms with Crippen molar-refractivity contribution in [2.75, 3.05) is 11.9 Å². The molecule has 0 radical (unpaired) electrons. The molecule has 0 fully saturated rings. The minimum absolute atomic E-state index is 0.167. The van der Waals surface area contributed by atoms with Gasteiger partial charge in [0.15, 0.2) is 11.7 Å². The van der Waals surface area contributed by atoms with Crippen molar-refractivity contribution in [2.24, 2.45) is 0 Å². The Bertz CT molecular complexity index is 939. The largest absolute Gasteiger partial charge is 0.482 e. The first kappa shape index (κ1) is 19.7. The highest BCUT2D eigenvalue weighted by Gasteiger charge is 2.10. The van der Waals surface area contributed by atoms with Crippen LogP contribution in [-0.4, -0.2) is 17.5 Å². The van der Waals surface area contributed by atoms with Crippen LogP contribution in [0, 0.1) is 0 Å². The molecule has 4 nitrogen and oxygen atoms in total. The number of nitrogens with zero attached hydrogens (tertiary/aromatic N) is 1. The number of nitrogens with one attached hydrogen (secondary N) is 1. The van der Waals surface area contributed by atoms with Gasteiger partial charge in [0.1, 0.15) is 5.75 Å². The van der Waals surface area contributed by atoms with E-state index in [2.05, 4.69) is 36.3 Å². The summed E-state index contributed by atoms with van der Waals surface area (Å²) >= 11 is 13.2. The fourth-order valence-electron chi connectivity index (χ4n) is 2.39. The zero-order chi connectivity index (χ0) is 19.4. The summed E-state index contributed by atoms with van der Waals surface area (Å²) in [6, 6.07) is 13.1. The molecule has 27 heavy (non-hydrogen) atoms. The van der Waals surface area contributed by atoms with Crippen LogP contribution in [0.3, 0.4) is 0 Å². The zero-order valence-corrected chi connectivity index (χ0v) is 17.2. The number of hydrogen-bond acceptors (Lipinski definition) is 4. The molecule has 1 aromatic heterocycles. The predicted molar refractivity (Wildman–Crippen MR) is 112 cm³/mol. The second-order valence-electron chi connectivity index (χ2n) is 6.23. The fraction of sp³-hybridized carbons (Fsp3) is 0.200. The number of amides is 1. The Labute approximate surface area is 172 Å². The van der Waals surface area contributed by atoms with E-state index < -0.39 is 0 Å². The van der Waals surface area contributed by atoms with Gasteiger partial charge in [-0.25, -0.2) is 4.98 Å². The molecule has 0 aliphatic rings. The van der Waals surface area contributed by atoms with Gasteiger partial charge in [0.05, 0.1) is 10.7 Å². The molecule has 0 spiro atoms. The van der Waals surface area contributed by atoms with Crippen LogP contribution in [-0.2, 0) is 4.79 Å². The Kier molecular flexibility index (Phi) is 6.37. The van der Waals surface area contributed by atoms with Gasteiger partial charge in [0.25, 0.3) is 5.91 Å². The number of carbonyl (C=O) groups excluding carboxylic acids is 1. The highest BCUT2D eigenvalue weighted by atomic mass is 35.5. The van der Waals surface area contributed by atoms with E-state index in [0.29, 0.717) is 26.8 Å². The van der Waals surface area contributed by atoms with Crippen molar-refractivity contribution in [3.63, 3.8) is 0 Å². The lowest BCUT2D eigenvalue weighted by molar-refractivity contribution is -0.118. The quantitative estimate of drug-likeness (QED) is 0.511. The Balaban J connectivity index is 1.59. The monoisotopic (exact) mass is 420 g/mol. The molecule has 140 valence electrons. The van der Waals surface area contributed by atoms with Crippen molar-refractivity contribution in [1.29, 1.82) is 0 Å². The van der Waals surface area contributed by atoms with Gasteiger partial charge >= 0.3 is 0 Å². The molecule has 7 heteroatoms. The molecule has 3 aromatic rings.